The molecule has 6 heteroatoms. The number of carbonyl (C=O) groups is 1. The second-order valence-corrected chi connectivity index (χ2v) is 4.83. The highest BCUT2D eigenvalue weighted by molar-refractivity contribution is 6.41. The maximum atomic E-state index is 11.4. The van der Waals surface area contributed by atoms with Crippen LogP contribution in [-0.2, 0) is 4.79 Å². The minimum atomic E-state index is -0.285. The van der Waals surface area contributed by atoms with Crippen molar-refractivity contribution in [3.05, 3.63) is 38.8 Å². The van der Waals surface area contributed by atoms with E-state index in [1.165, 1.54) is 18.2 Å². The van der Waals surface area contributed by atoms with Crippen LogP contribution < -0.4 is 10.9 Å². The Balaban J connectivity index is 2.77. The molecule has 1 amide bonds. The summed E-state index contributed by atoms with van der Waals surface area (Å²) in [6.07, 6.45) is 1.45. The second kappa shape index (κ2) is 6.15. The predicted octanol–water partition coefficient (Wildman–Crippen LogP) is 4.06. The van der Waals surface area contributed by atoms with Crippen molar-refractivity contribution in [1.29, 1.82) is 0 Å². The van der Waals surface area contributed by atoms with Crippen molar-refractivity contribution in [3.63, 3.8) is 0 Å². The van der Waals surface area contributed by atoms with Crippen molar-refractivity contribution in [2.24, 2.45) is 0 Å². The molecule has 0 atom stereocenters. The minimum Gasteiger partial charge on any atom is -0.295 e. The Labute approximate surface area is 115 Å². The molecule has 92 valence electrons. The Hall–Kier alpha value is -0.900. The molecule has 0 spiro atoms. The van der Waals surface area contributed by atoms with E-state index in [4.69, 9.17) is 34.8 Å². The van der Waals surface area contributed by atoms with E-state index in [0.29, 0.717) is 20.8 Å². The number of benzene rings is 1. The first-order valence-electron chi connectivity index (χ1n) is 4.75. The van der Waals surface area contributed by atoms with Gasteiger partial charge in [-0.05, 0) is 26.0 Å². The number of allylic oxidation sites excluding steroid dienone is 1. The largest absolute Gasteiger partial charge is 0.295 e. The molecule has 0 aliphatic carbocycles. The molecule has 0 saturated heterocycles. The van der Waals surface area contributed by atoms with Gasteiger partial charge in [0.05, 0.1) is 15.7 Å². The zero-order valence-electron chi connectivity index (χ0n) is 9.27. The first-order valence-corrected chi connectivity index (χ1v) is 5.89. The van der Waals surface area contributed by atoms with E-state index in [2.05, 4.69) is 10.9 Å². The van der Waals surface area contributed by atoms with E-state index >= 15 is 0 Å². The van der Waals surface area contributed by atoms with Gasteiger partial charge in [-0.3, -0.25) is 15.6 Å². The third kappa shape index (κ3) is 4.46. The summed E-state index contributed by atoms with van der Waals surface area (Å²) >= 11 is 17.6. The number of hydrazine groups is 1. The molecule has 0 aliphatic rings. The van der Waals surface area contributed by atoms with E-state index in [-0.39, 0.29) is 5.91 Å². The Bertz CT molecular complexity index is 445. The van der Waals surface area contributed by atoms with Crippen LogP contribution in [0, 0.1) is 0 Å². The maximum Gasteiger partial charge on any atom is 0.262 e. The van der Waals surface area contributed by atoms with Gasteiger partial charge in [0, 0.05) is 11.1 Å². The van der Waals surface area contributed by atoms with Crippen molar-refractivity contribution >= 4 is 46.4 Å². The van der Waals surface area contributed by atoms with Gasteiger partial charge in [-0.2, -0.15) is 0 Å². The molecule has 0 aromatic heterocycles. The van der Waals surface area contributed by atoms with Crippen molar-refractivity contribution in [2.75, 3.05) is 5.43 Å². The fraction of sp³-hybridized carbons (Fsp3) is 0.182. The van der Waals surface area contributed by atoms with Crippen LogP contribution in [0.15, 0.2) is 23.8 Å². The smallest absolute Gasteiger partial charge is 0.262 e. The molecule has 0 fully saturated rings. The standard InChI is InChI=1S/C11H11Cl3N2O/c1-6(2)3-10(17)15-16-11-8(13)4-7(12)5-9(11)14/h3-5,16H,1-2H3,(H,15,17). The summed E-state index contributed by atoms with van der Waals surface area (Å²) in [6.45, 7) is 3.64. The molecule has 0 unspecified atom stereocenters. The number of amides is 1. The predicted molar refractivity (Wildman–Crippen MR) is 72.7 cm³/mol. The summed E-state index contributed by atoms with van der Waals surface area (Å²) in [7, 11) is 0. The SMILES string of the molecule is CC(C)=CC(=O)NNc1c(Cl)cc(Cl)cc1Cl. The van der Waals surface area contributed by atoms with Crippen LogP contribution in [0.2, 0.25) is 15.1 Å². The van der Waals surface area contributed by atoms with Gasteiger partial charge in [-0.15, -0.1) is 0 Å². The van der Waals surface area contributed by atoms with Crippen molar-refractivity contribution in [1.82, 2.24) is 5.43 Å². The zero-order valence-corrected chi connectivity index (χ0v) is 11.5. The van der Waals surface area contributed by atoms with Crippen LogP contribution >= 0.6 is 34.8 Å². The molecule has 1 rings (SSSR count). The molecule has 0 saturated carbocycles. The average molecular weight is 294 g/mol. The highest BCUT2D eigenvalue weighted by Gasteiger charge is 2.07. The fourth-order valence-corrected chi connectivity index (χ4v) is 2.00. The molecule has 0 radical (unpaired) electrons. The summed E-state index contributed by atoms with van der Waals surface area (Å²) in [6, 6.07) is 3.06. The number of hydrogen-bond donors (Lipinski definition) is 2. The summed E-state index contributed by atoms with van der Waals surface area (Å²) in [5.41, 5.74) is 6.40. The van der Waals surface area contributed by atoms with E-state index in [1.807, 2.05) is 13.8 Å². The average Bonchev–Trinajstić information content (AvgIpc) is 2.14. The van der Waals surface area contributed by atoms with Gasteiger partial charge in [-0.25, -0.2) is 0 Å². The Morgan fingerprint density at radius 3 is 2.18 bits per heavy atom. The van der Waals surface area contributed by atoms with Gasteiger partial charge < -0.3 is 0 Å². The fourth-order valence-electron chi connectivity index (χ4n) is 1.08. The highest BCUT2D eigenvalue weighted by Crippen LogP contribution is 2.32. The van der Waals surface area contributed by atoms with Gasteiger partial charge in [0.1, 0.15) is 0 Å². The van der Waals surface area contributed by atoms with E-state index in [1.54, 1.807) is 0 Å². The van der Waals surface area contributed by atoms with Gasteiger partial charge in [0.2, 0.25) is 0 Å². The lowest BCUT2D eigenvalue weighted by atomic mass is 10.3. The van der Waals surface area contributed by atoms with E-state index in [9.17, 15) is 4.79 Å². The van der Waals surface area contributed by atoms with Gasteiger partial charge in [0.25, 0.3) is 5.91 Å². The summed E-state index contributed by atoms with van der Waals surface area (Å²) in [4.78, 5) is 11.4. The molecule has 3 nitrogen and oxygen atoms in total. The van der Waals surface area contributed by atoms with Crippen LogP contribution in [0.5, 0.6) is 0 Å². The third-order valence-electron chi connectivity index (χ3n) is 1.74. The molecule has 0 heterocycles. The van der Waals surface area contributed by atoms with Gasteiger partial charge >= 0.3 is 0 Å². The van der Waals surface area contributed by atoms with E-state index < -0.39 is 0 Å². The zero-order chi connectivity index (χ0) is 13.0. The molecule has 0 bridgehead atoms. The number of hydrogen-bond acceptors (Lipinski definition) is 2. The Kier molecular flexibility index (Phi) is 5.12. The lowest BCUT2D eigenvalue weighted by Crippen LogP contribution is -2.28. The van der Waals surface area contributed by atoms with Gasteiger partial charge in [0.15, 0.2) is 0 Å². The van der Waals surface area contributed by atoms with Crippen LogP contribution in [-0.4, -0.2) is 5.91 Å². The number of rotatable bonds is 3. The normalized spacial score (nSPS) is 9.71. The summed E-state index contributed by atoms with van der Waals surface area (Å²) in [5.74, 6) is -0.285. The quantitative estimate of drug-likeness (QED) is 0.652. The summed E-state index contributed by atoms with van der Waals surface area (Å²) in [5, 5.41) is 1.10. The maximum absolute atomic E-state index is 11.4. The molecule has 1 aromatic rings. The molecule has 1 aromatic carbocycles. The van der Waals surface area contributed by atoms with Crippen LogP contribution in [0.4, 0.5) is 5.69 Å². The monoisotopic (exact) mass is 292 g/mol. The minimum absolute atomic E-state index is 0.285. The molecular formula is C11H11Cl3N2O. The van der Waals surface area contributed by atoms with Crippen molar-refractivity contribution in [3.8, 4) is 0 Å². The number of nitrogens with one attached hydrogen (secondary N) is 2. The Morgan fingerprint density at radius 1 is 1.18 bits per heavy atom. The molecular weight excluding hydrogens is 282 g/mol. The van der Waals surface area contributed by atoms with Gasteiger partial charge in [-0.1, -0.05) is 40.4 Å². The first kappa shape index (κ1) is 14.2. The first-order chi connectivity index (χ1) is 7.90. The van der Waals surface area contributed by atoms with Crippen LogP contribution in [0.1, 0.15) is 13.8 Å². The van der Waals surface area contributed by atoms with Crippen molar-refractivity contribution in [2.45, 2.75) is 13.8 Å². The molecule has 2 N–H and O–H groups in total. The van der Waals surface area contributed by atoms with Crippen LogP contribution in [0.3, 0.4) is 0 Å². The summed E-state index contributed by atoms with van der Waals surface area (Å²) < 4.78 is 0. The third-order valence-corrected chi connectivity index (χ3v) is 2.55. The number of anilines is 1. The highest BCUT2D eigenvalue weighted by atomic mass is 35.5. The lowest BCUT2D eigenvalue weighted by Gasteiger charge is -2.10. The second-order valence-electron chi connectivity index (χ2n) is 3.58. The van der Waals surface area contributed by atoms with Crippen molar-refractivity contribution < 1.29 is 4.79 Å². The number of halogens is 3. The number of carbonyl (C=O) groups excluding carboxylic acids is 1. The molecule has 0 aliphatic heterocycles. The van der Waals surface area contributed by atoms with Crippen LogP contribution in [0.25, 0.3) is 0 Å². The van der Waals surface area contributed by atoms with E-state index in [0.717, 1.165) is 5.57 Å². The lowest BCUT2D eigenvalue weighted by molar-refractivity contribution is -0.116. The topological polar surface area (TPSA) is 41.1 Å². The molecule has 17 heavy (non-hydrogen) atoms. The Morgan fingerprint density at radius 2 is 1.71 bits per heavy atom.